The van der Waals surface area contributed by atoms with Crippen LogP contribution in [0.4, 0.5) is 0 Å². The Morgan fingerprint density at radius 2 is 1.72 bits per heavy atom. The number of unbranched alkanes of at least 4 members (excludes halogenated alkanes) is 1. The minimum absolute atomic E-state index is 0.338. The van der Waals surface area contributed by atoms with E-state index in [1.54, 1.807) is 0 Å². The maximum atomic E-state index is 4.90. The molecule has 0 saturated heterocycles. The molecule has 4 rings (SSSR count). The van der Waals surface area contributed by atoms with Crippen LogP contribution < -0.4 is 0 Å². The Balaban J connectivity index is 1.70. The lowest BCUT2D eigenvalue weighted by Crippen LogP contribution is -2.10. The first kappa shape index (κ1) is 25.8. The summed E-state index contributed by atoms with van der Waals surface area (Å²) >= 11 is 0. The van der Waals surface area contributed by atoms with Crippen molar-refractivity contribution in [3.8, 4) is 17.2 Å². The van der Waals surface area contributed by atoms with Gasteiger partial charge in [0.1, 0.15) is 5.82 Å². The molecule has 0 saturated carbocycles. The van der Waals surface area contributed by atoms with E-state index in [4.69, 9.17) is 10.1 Å². The van der Waals surface area contributed by atoms with E-state index in [-0.39, 0.29) is 0 Å². The molecule has 1 atom stereocenters. The van der Waals surface area contributed by atoms with Crippen molar-refractivity contribution in [2.45, 2.75) is 98.4 Å². The van der Waals surface area contributed by atoms with Crippen molar-refractivity contribution in [2.75, 3.05) is 0 Å². The maximum Gasteiger partial charge on any atom is 0.221 e. The summed E-state index contributed by atoms with van der Waals surface area (Å²) in [6.07, 6.45) is 4.26. The van der Waals surface area contributed by atoms with Crippen LogP contribution in [0, 0.1) is 0 Å². The van der Waals surface area contributed by atoms with Gasteiger partial charge in [0.25, 0.3) is 0 Å². The fourth-order valence-electron chi connectivity index (χ4n) is 4.62. The van der Waals surface area contributed by atoms with Crippen molar-refractivity contribution < 1.29 is 0 Å². The fraction of sp³-hybridized carbons (Fsp3) is 0.536. The van der Waals surface area contributed by atoms with E-state index in [0.29, 0.717) is 23.6 Å². The predicted molar refractivity (Wildman–Crippen MR) is 144 cm³/mol. The summed E-state index contributed by atoms with van der Waals surface area (Å²) in [5.41, 5.74) is 5.77. The highest BCUT2D eigenvalue weighted by Crippen LogP contribution is 2.36. The number of nitrogens with zero attached hydrogens (tertiary/aromatic N) is 7. The second-order valence-electron chi connectivity index (χ2n) is 10.4. The molecule has 1 unspecified atom stereocenters. The monoisotopic (exact) mass is 488 g/mol. The Labute approximate surface area is 214 Å². The summed E-state index contributed by atoms with van der Waals surface area (Å²) in [5.74, 6) is 3.73. The molecule has 1 N–H and O–H groups in total. The molecule has 0 aliphatic carbocycles. The lowest BCUT2D eigenvalue weighted by Gasteiger charge is -2.16. The minimum Gasteiger partial charge on any atom is -0.310 e. The third kappa shape index (κ3) is 5.27. The van der Waals surface area contributed by atoms with Gasteiger partial charge >= 0.3 is 0 Å². The van der Waals surface area contributed by atoms with E-state index in [1.165, 1.54) is 16.8 Å². The van der Waals surface area contributed by atoms with Crippen LogP contribution in [0.1, 0.15) is 114 Å². The first-order valence-electron chi connectivity index (χ1n) is 13.4. The average molecular weight is 489 g/mol. The van der Waals surface area contributed by atoms with E-state index < -0.39 is 0 Å². The van der Waals surface area contributed by atoms with E-state index >= 15 is 0 Å². The smallest absolute Gasteiger partial charge is 0.221 e. The molecule has 3 aromatic heterocycles. The van der Waals surface area contributed by atoms with Crippen LogP contribution in [-0.2, 0) is 13.0 Å². The second kappa shape index (κ2) is 11.2. The Morgan fingerprint density at radius 1 is 0.972 bits per heavy atom. The van der Waals surface area contributed by atoms with Gasteiger partial charge in [0.2, 0.25) is 5.82 Å². The zero-order chi connectivity index (χ0) is 25.8. The van der Waals surface area contributed by atoms with Crippen LogP contribution in [0.3, 0.4) is 0 Å². The third-order valence-corrected chi connectivity index (χ3v) is 6.91. The van der Waals surface area contributed by atoms with Crippen LogP contribution in [0.2, 0.25) is 0 Å². The van der Waals surface area contributed by atoms with Gasteiger partial charge in [-0.25, -0.2) is 9.67 Å². The summed E-state index contributed by atoms with van der Waals surface area (Å²) < 4.78 is 4.39. The zero-order valence-electron chi connectivity index (χ0n) is 22.8. The highest BCUT2D eigenvalue weighted by Gasteiger charge is 2.24. The SMILES string of the molecule is CCCCc1nc(C(C)CC)n(Cc2ccc(-n3c(C(C)C)cc(C(C)C)c3-c3nn[nH]n3)cc2)n1. The fourth-order valence-corrected chi connectivity index (χ4v) is 4.62. The van der Waals surface area contributed by atoms with Gasteiger partial charge in [-0.2, -0.15) is 10.3 Å². The topological polar surface area (TPSA) is 90.1 Å². The number of tetrazole rings is 1. The first-order chi connectivity index (χ1) is 17.3. The molecule has 192 valence electrons. The Morgan fingerprint density at radius 3 is 2.31 bits per heavy atom. The van der Waals surface area contributed by atoms with E-state index in [0.717, 1.165) is 55.3 Å². The van der Waals surface area contributed by atoms with Crippen LogP contribution in [0.25, 0.3) is 17.2 Å². The van der Waals surface area contributed by atoms with Gasteiger partial charge in [-0.15, -0.1) is 10.2 Å². The van der Waals surface area contributed by atoms with Gasteiger partial charge < -0.3 is 4.57 Å². The largest absolute Gasteiger partial charge is 0.310 e. The average Bonchev–Trinajstić information content (AvgIpc) is 3.61. The molecule has 4 aromatic rings. The predicted octanol–water partition coefficient (Wildman–Crippen LogP) is 6.40. The van der Waals surface area contributed by atoms with Crippen LogP contribution in [0.5, 0.6) is 0 Å². The van der Waals surface area contributed by atoms with Gasteiger partial charge in [-0.05, 0) is 59.2 Å². The number of nitrogens with one attached hydrogen (secondary N) is 1. The molecule has 0 amide bonds. The molecule has 0 spiro atoms. The third-order valence-electron chi connectivity index (χ3n) is 6.91. The molecule has 1 aromatic carbocycles. The molecular weight excluding hydrogens is 448 g/mol. The van der Waals surface area contributed by atoms with Crippen LogP contribution in [-0.4, -0.2) is 40.0 Å². The van der Waals surface area contributed by atoms with Crippen molar-refractivity contribution in [1.82, 2.24) is 40.0 Å². The number of rotatable bonds is 11. The summed E-state index contributed by atoms with van der Waals surface area (Å²) in [6, 6.07) is 11.1. The number of H-pyrrole nitrogens is 1. The lowest BCUT2D eigenvalue weighted by atomic mass is 10.0. The summed E-state index contributed by atoms with van der Waals surface area (Å²) in [5, 5.41) is 20.0. The number of hydrogen-bond donors (Lipinski definition) is 1. The van der Waals surface area contributed by atoms with E-state index in [2.05, 4.69) is 109 Å². The Bertz CT molecular complexity index is 1250. The zero-order valence-corrected chi connectivity index (χ0v) is 22.8. The number of hydrogen-bond acceptors (Lipinski definition) is 5. The molecule has 0 aliphatic rings. The van der Waals surface area contributed by atoms with E-state index in [9.17, 15) is 0 Å². The van der Waals surface area contributed by atoms with Crippen molar-refractivity contribution in [3.05, 3.63) is 58.8 Å². The van der Waals surface area contributed by atoms with Gasteiger partial charge in [-0.1, -0.05) is 67.0 Å². The summed E-state index contributed by atoms with van der Waals surface area (Å²) in [4.78, 5) is 4.90. The molecule has 3 heterocycles. The molecule has 0 fully saturated rings. The Kier molecular flexibility index (Phi) is 8.01. The second-order valence-corrected chi connectivity index (χ2v) is 10.4. The number of aryl methyl sites for hydroxylation is 1. The molecule has 36 heavy (non-hydrogen) atoms. The van der Waals surface area contributed by atoms with Crippen LogP contribution in [0.15, 0.2) is 30.3 Å². The minimum atomic E-state index is 0.338. The summed E-state index contributed by atoms with van der Waals surface area (Å²) in [7, 11) is 0. The van der Waals surface area contributed by atoms with E-state index in [1.807, 2.05) is 0 Å². The molecular formula is C28H40N8. The lowest BCUT2D eigenvalue weighted by molar-refractivity contribution is 0.574. The van der Waals surface area contributed by atoms with Crippen LogP contribution >= 0.6 is 0 Å². The number of aromatic amines is 1. The van der Waals surface area contributed by atoms with Crippen molar-refractivity contribution in [2.24, 2.45) is 0 Å². The quantitative estimate of drug-likeness (QED) is 0.264. The van der Waals surface area contributed by atoms with Gasteiger partial charge in [-0.3, -0.25) is 0 Å². The normalized spacial score (nSPS) is 12.7. The van der Waals surface area contributed by atoms with Crippen molar-refractivity contribution in [3.63, 3.8) is 0 Å². The number of benzene rings is 1. The highest BCUT2D eigenvalue weighted by molar-refractivity contribution is 5.63. The Hall–Kier alpha value is -3.29. The molecule has 8 nitrogen and oxygen atoms in total. The first-order valence-corrected chi connectivity index (χ1v) is 13.4. The molecule has 0 bridgehead atoms. The van der Waals surface area contributed by atoms with Gasteiger partial charge in [0.15, 0.2) is 5.82 Å². The van der Waals surface area contributed by atoms with Crippen molar-refractivity contribution >= 4 is 0 Å². The molecule has 8 heteroatoms. The molecule has 0 radical (unpaired) electrons. The van der Waals surface area contributed by atoms with Gasteiger partial charge in [0, 0.05) is 23.7 Å². The maximum absolute atomic E-state index is 4.90. The number of aromatic nitrogens is 8. The summed E-state index contributed by atoms with van der Waals surface area (Å²) in [6.45, 7) is 16.2. The molecule has 0 aliphatic heterocycles. The van der Waals surface area contributed by atoms with Gasteiger partial charge in [0.05, 0.1) is 12.2 Å². The standard InChI is InChI=1S/C28H40N8/c1-8-10-11-25-29-28(20(7)9-2)35(32-25)17-21-12-14-22(15-13-21)36-24(19(5)6)16-23(18(3)4)26(36)27-30-33-34-31-27/h12-16,18-20H,8-11,17H2,1-7H3,(H,30,31,33,34). The highest BCUT2D eigenvalue weighted by atomic mass is 15.5. The van der Waals surface area contributed by atoms with Crippen molar-refractivity contribution in [1.29, 1.82) is 0 Å².